The van der Waals surface area contributed by atoms with E-state index in [0.29, 0.717) is 11.1 Å². The van der Waals surface area contributed by atoms with Crippen LogP contribution in [0.2, 0.25) is 0 Å². The lowest BCUT2D eigenvalue weighted by Gasteiger charge is -2.26. The lowest BCUT2D eigenvalue weighted by Crippen LogP contribution is -2.35. The molecule has 0 radical (unpaired) electrons. The summed E-state index contributed by atoms with van der Waals surface area (Å²) in [6, 6.07) is 24.6. The molecule has 3 aromatic rings. The topological polar surface area (TPSA) is 57.6 Å². The molecule has 1 aliphatic rings. The molecular formula is C24H21NO3. The Morgan fingerprint density at radius 1 is 0.750 bits per heavy atom. The highest BCUT2D eigenvalue weighted by Gasteiger charge is 2.36. The van der Waals surface area contributed by atoms with Crippen molar-refractivity contribution in [3.05, 3.63) is 95.6 Å². The molecule has 0 saturated carbocycles. The summed E-state index contributed by atoms with van der Waals surface area (Å²) in [4.78, 5) is 26.2. The molecule has 0 saturated heterocycles. The quantitative estimate of drug-likeness (QED) is 0.682. The van der Waals surface area contributed by atoms with Crippen LogP contribution in [0, 0.1) is 0 Å². The summed E-state index contributed by atoms with van der Waals surface area (Å²) in [6.07, 6.45) is 0.267. The van der Waals surface area contributed by atoms with Crippen molar-refractivity contribution in [2.75, 3.05) is 6.54 Å². The van der Waals surface area contributed by atoms with Gasteiger partial charge in [0.2, 0.25) is 0 Å². The van der Waals surface area contributed by atoms with E-state index in [-0.39, 0.29) is 24.8 Å². The molecule has 0 aliphatic carbocycles. The Balaban J connectivity index is 1.48. The van der Waals surface area contributed by atoms with Crippen molar-refractivity contribution in [2.24, 2.45) is 0 Å². The largest absolute Gasteiger partial charge is 0.385 e. The summed E-state index contributed by atoms with van der Waals surface area (Å²) in [5.74, 6) is -0.591. The van der Waals surface area contributed by atoms with Gasteiger partial charge >= 0.3 is 0 Å². The predicted octanol–water partition coefficient (Wildman–Crippen LogP) is 4.25. The van der Waals surface area contributed by atoms with Crippen LogP contribution in [0.15, 0.2) is 78.9 Å². The van der Waals surface area contributed by atoms with Crippen LogP contribution < -0.4 is 0 Å². The van der Waals surface area contributed by atoms with Crippen molar-refractivity contribution in [2.45, 2.75) is 18.9 Å². The Bertz CT molecular complexity index is 988. The summed E-state index contributed by atoms with van der Waals surface area (Å²) in [7, 11) is 0. The number of nitrogens with zero attached hydrogens (tertiary/aromatic N) is 1. The molecule has 4 rings (SSSR count). The van der Waals surface area contributed by atoms with Gasteiger partial charge in [0.25, 0.3) is 11.8 Å². The van der Waals surface area contributed by atoms with E-state index >= 15 is 0 Å². The van der Waals surface area contributed by atoms with Crippen molar-refractivity contribution in [1.82, 2.24) is 4.90 Å². The molecule has 2 amide bonds. The van der Waals surface area contributed by atoms with Gasteiger partial charge in [-0.05, 0) is 42.2 Å². The summed E-state index contributed by atoms with van der Waals surface area (Å²) < 4.78 is 0. The third-order valence-corrected chi connectivity index (χ3v) is 5.31. The van der Waals surface area contributed by atoms with Crippen LogP contribution in [0.1, 0.15) is 39.6 Å². The number of benzene rings is 3. The number of hydrogen-bond acceptors (Lipinski definition) is 3. The zero-order valence-corrected chi connectivity index (χ0v) is 15.6. The van der Waals surface area contributed by atoms with Gasteiger partial charge in [0.15, 0.2) is 0 Å². The lowest BCUT2D eigenvalue weighted by molar-refractivity contribution is 0.0339. The van der Waals surface area contributed by atoms with Gasteiger partial charge in [0.05, 0.1) is 16.7 Å². The Labute approximate surface area is 164 Å². The molecule has 1 atom stereocenters. The molecule has 0 fully saturated rings. The first-order valence-corrected chi connectivity index (χ1v) is 9.31. The molecule has 4 nitrogen and oxygen atoms in total. The lowest BCUT2D eigenvalue weighted by atomic mass is 9.91. The maximum Gasteiger partial charge on any atom is 0.261 e. The van der Waals surface area contributed by atoms with E-state index in [1.165, 1.54) is 4.90 Å². The minimum absolute atomic E-state index is 0.166. The molecule has 0 spiro atoms. The number of amides is 2. The van der Waals surface area contributed by atoms with E-state index in [0.717, 1.165) is 16.7 Å². The van der Waals surface area contributed by atoms with E-state index in [2.05, 4.69) is 0 Å². The van der Waals surface area contributed by atoms with Gasteiger partial charge in [-0.2, -0.15) is 0 Å². The van der Waals surface area contributed by atoms with Crippen LogP contribution in [0.4, 0.5) is 0 Å². The van der Waals surface area contributed by atoms with Crippen molar-refractivity contribution in [1.29, 1.82) is 0 Å². The van der Waals surface area contributed by atoms with Gasteiger partial charge in [0, 0.05) is 6.54 Å². The number of aliphatic hydroxyl groups is 1. The highest BCUT2D eigenvalue weighted by molar-refractivity contribution is 6.21. The van der Waals surface area contributed by atoms with E-state index in [1.54, 1.807) is 31.2 Å². The first kappa shape index (κ1) is 18.1. The van der Waals surface area contributed by atoms with Crippen LogP contribution in [0.25, 0.3) is 11.1 Å². The second-order valence-corrected chi connectivity index (χ2v) is 7.27. The SMILES string of the molecule is CC(O)(CCN1C(=O)c2ccccc2C1=O)c1ccc(-c2ccccc2)cc1. The summed E-state index contributed by atoms with van der Waals surface area (Å²) in [6.45, 7) is 1.88. The Morgan fingerprint density at radius 2 is 1.25 bits per heavy atom. The second kappa shape index (κ2) is 7.06. The maximum atomic E-state index is 12.5. The van der Waals surface area contributed by atoms with E-state index in [4.69, 9.17) is 0 Å². The Hall–Kier alpha value is -3.24. The highest BCUT2D eigenvalue weighted by atomic mass is 16.3. The summed E-state index contributed by atoms with van der Waals surface area (Å²) >= 11 is 0. The van der Waals surface area contributed by atoms with Gasteiger partial charge < -0.3 is 5.11 Å². The monoisotopic (exact) mass is 371 g/mol. The van der Waals surface area contributed by atoms with E-state index in [9.17, 15) is 14.7 Å². The fraction of sp³-hybridized carbons (Fsp3) is 0.167. The smallest absolute Gasteiger partial charge is 0.261 e. The average molecular weight is 371 g/mol. The number of fused-ring (bicyclic) bond motifs is 1. The van der Waals surface area contributed by atoms with Crippen molar-refractivity contribution in [3.8, 4) is 11.1 Å². The van der Waals surface area contributed by atoms with E-state index < -0.39 is 5.60 Å². The first-order chi connectivity index (χ1) is 13.5. The zero-order valence-electron chi connectivity index (χ0n) is 15.6. The van der Waals surface area contributed by atoms with E-state index in [1.807, 2.05) is 54.6 Å². The predicted molar refractivity (Wildman–Crippen MR) is 108 cm³/mol. The molecular weight excluding hydrogens is 350 g/mol. The average Bonchev–Trinajstić information content (AvgIpc) is 2.98. The number of hydrogen-bond donors (Lipinski definition) is 1. The molecule has 1 heterocycles. The molecule has 1 unspecified atom stereocenters. The van der Waals surface area contributed by atoms with Crippen LogP contribution in [0.3, 0.4) is 0 Å². The highest BCUT2D eigenvalue weighted by Crippen LogP contribution is 2.30. The molecule has 0 aromatic heterocycles. The molecule has 0 bridgehead atoms. The fourth-order valence-corrected chi connectivity index (χ4v) is 3.57. The Morgan fingerprint density at radius 3 is 1.82 bits per heavy atom. The fourth-order valence-electron chi connectivity index (χ4n) is 3.57. The second-order valence-electron chi connectivity index (χ2n) is 7.27. The van der Waals surface area contributed by atoms with Crippen LogP contribution in [-0.4, -0.2) is 28.4 Å². The standard InChI is InChI=1S/C24H21NO3/c1-24(28,19-13-11-18(12-14-19)17-7-3-2-4-8-17)15-16-25-22(26)20-9-5-6-10-21(20)23(25)27/h2-14,28H,15-16H2,1H3. The summed E-state index contributed by atoms with van der Waals surface area (Å²) in [5.41, 5.74) is 2.65. The molecule has 140 valence electrons. The number of carbonyl (C=O) groups excluding carboxylic acids is 2. The first-order valence-electron chi connectivity index (χ1n) is 9.31. The van der Waals surface area contributed by atoms with Crippen LogP contribution >= 0.6 is 0 Å². The zero-order chi connectivity index (χ0) is 19.7. The number of rotatable bonds is 5. The third kappa shape index (κ3) is 3.23. The van der Waals surface area contributed by atoms with Crippen molar-refractivity contribution < 1.29 is 14.7 Å². The molecule has 4 heteroatoms. The maximum absolute atomic E-state index is 12.5. The number of imide groups is 1. The molecule has 28 heavy (non-hydrogen) atoms. The van der Waals surface area contributed by atoms with Crippen molar-refractivity contribution >= 4 is 11.8 Å². The molecule has 1 N–H and O–H groups in total. The van der Waals surface area contributed by atoms with Gasteiger partial charge in [-0.25, -0.2) is 0 Å². The number of carbonyl (C=O) groups is 2. The van der Waals surface area contributed by atoms with Crippen LogP contribution in [-0.2, 0) is 5.60 Å². The van der Waals surface area contributed by atoms with Crippen molar-refractivity contribution in [3.63, 3.8) is 0 Å². The van der Waals surface area contributed by atoms with Crippen LogP contribution in [0.5, 0.6) is 0 Å². The normalized spacial score (nSPS) is 15.4. The minimum Gasteiger partial charge on any atom is -0.385 e. The summed E-state index contributed by atoms with van der Waals surface area (Å²) in [5, 5.41) is 10.9. The van der Waals surface area contributed by atoms with Gasteiger partial charge in [-0.3, -0.25) is 14.5 Å². The van der Waals surface area contributed by atoms with Gasteiger partial charge in [0.1, 0.15) is 0 Å². The third-order valence-electron chi connectivity index (χ3n) is 5.31. The van der Waals surface area contributed by atoms with Gasteiger partial charge in [-0.15, -0.1) is 0 Å². The Kier molecular flexibility index (Phi) is 4.57. The molecule has 1 aliphatic heterocycles. The molecule has 3 aromatic carbocycles. The minimum atomic E-state index is -1.15. The van der Waals surface area contributed by atoms with Gasteiger partial charge in [-0.1, -0.05) is 66.7 Å².